The number of nitriles is 2. The van der Waals surface area contributed by atoms with Crippen LogP contribution in [0.5, 0.6) is 0 Å². The number of aryl methyl sites for hydroxylation is 1. The lowest BCUT2D eigenvalue weighted by atomic mass is 10.1. The molecule has 0 radical (unpaired) electrons. The molecule has 0 aliphatic carbocycles. The lowest BCUT2D eigenvalue weighted by Crippen LogP contribution is -2.07. The summed E-state index contributed by atoms with van der Waals surface area (Å²) in [7, 11) is 1.89. The van der Waals surface area contributed by atoms with E-state index in [1.165, 1.54) is 0 Å². The summed E-state index contributed by atoms with van der Waals surface area (Å²) in [5.41, 5.74) is 1.51. The first-order valence-electron chi connectivity index (χ1n) is 5.68. The van der Waals surface area contributed by atoms with E-state index in [4.69, 9.17) is 10.5 Å². The van der Waals surface area contributed by atoms with E-state index in [9.17, 15) is 0 Å². The Kier molecular flexibility index (Phi) is 3.44. The molecule has 2 rings (SSSR count). The van der Waals surface area contributed by atoms with Crippen molar-refractivity contribution in [3.05, 3.63) is 41.0 Å². The highest BCUT2D eigenvalue weighted by Gasteiger charge is 2.06. The molecule has 0 atom stereocenters. The minimum Gasteiger partial charge on any atom is -0.378 e. The summed E-state index contributed by atoms with van der Waals surface area (Å²) >= 11 is 0. The van der Waals surface area contributed by atoms with E-state index in [1.54, 1.807) is 18.2 Å². The smallest absolute Gasteiger partial charge is 0.152 e. The van der Waals surface area contributed by atoms with Gasteiger partial charge in [0.05, 0.1) is 17.7 Å². The maximum atomic E-state index is 8.95. The monoisotopic (exact) mass is 252 g/mol. The van der Waals surface area contributed by atoms with Crippen LogP contribution in [0.3, 0.4) is 0 Å². The molecular weight excluding hydrogens is 240 g/mol. The van der Waals surface area contributed by atoms with E-state index in [1.807, 2.05) is 30.7 Å². The molecule has 94 valence electrons. The Morgan fingerprint density at radius 3 is 2.53 bits per heavy atom. The number of nitrogens with zero attached hydrogens (tertiary/aromatic N) is 5. The van der Waals surface area contributed by atoms with Crippen LogP contribution < -0.4 is 5.32 Å². The number of nitrogens with one attached hydrogen (secondary N) is 1. The standard InChI is InChI=1S/C13H12N6/c1-9-17-18-13(19(9)2)8-16-12-4-3-10(6-14)11(5-12)7-15/h3-5,16H,8H2,1-2H3. The molecule has 0 saturated carbocycles. The predicted octanol–water partition coefficient (Wildman–Crippen LogP) is 1.48. The first-order chi connectivity index (χ1) is 9.15. The Morgan fingerprint density at radius 1 is 1.21 bits per heavy atom. The minimum atomic E-state index is 0.363. The van der Waals surface area contributed by atoms with Crippen LogP contribution in [0, 0.1) is 29.6 Å². The van der Waals surface area contributed by atoms with Crippen molar-refractivity contribution < 1.29 is 0 Å². The third-order valence-corrected chi connectivity index (χ3v) is 2.89. The molecule has 0 amide bonds. The molecule has 0 bridgehead atoms. The molecule has 6 nitrogen and oxygen atoms in total. The Hall–Kier alpha value is -2.86. The third kappa shape index (κ3) is 2.53. The van der Waals surface area contributed by atoms with Gasteiger partial charge >= 0.3 is 0 Å². The molecule has 0 unspecified atom stereocenters. The molecule has 19 heavy (non-hydrogen) atoms. The quantitative estimate of drug-likeness (QED) is 0.893. The molecule has 2 aromatic rings. The molecule has 0 spiro atoms. The van der Waals surface area contributed by atoms with Crippen molar-refractivity contribution in [1.29, 1.82) is 10.5 Å². The van der Waals surface area contributed by atoms with Gasteiger partial charge in [0, 0.05) is 12.7 Å². The minimum absolute atomic E-state index is 0.363. The van der Waals surface area contributed by atoms with Crippen LogP contribution in [0.25, 0.3) is 0 Å². The molecule has 0 fully saturated rings. The van der Waals surface area contributed by atoms with Crippen LogP contribution in [0.4, 0.5) is 5.69 Å². The lowest BCUT2D eigenvalue weighted by Gasteiger charge is -2.07. The summed E-state index contributed by atoms with van der Waals surface area (Å²) in [5.74, 6) is 1.65. The Labute approximate surface area is 110 Å². The van der Waals surface area contributed by atoms with Gasteiger partial charge in [-0.2, -0.15) is 10.5 Å². The van der Waals surface area contributed by atoms with Gasteiger partial charge in [-0.05, 0) is 25.1 Å². The Morgan fingerprint density at radius 2 is 1.95 bits per heavy atom. The van der Waals surface area contributed by atoms with Crippen molar-refractivity contribution >= 4 is 5.69 Å². The van der Waals surface area contributed by atoms with Crippen LogP contribution in [0.1, 0.15) is 22.8 Å². The van der Waals surface area contributed by atoms with Gasteiger partial charge in [0.1, 0.15) is 18.0 Å². The first kappa shape index (κ1) is 12.6. The molecule has 6 heteroatoms. The maximum absolute atomic E-state index is 8.95. The zero-order chi connectivity index (χ0) is 13.8. The van der Waals surface area contributed by atoms with E-state index in [-0.39, 0.29) is 0 Å². The predicted molar refractivity (Wildman–Crippen MR) is 68.9 cm³/mol. The second-order valence-electron chi connectivity index (χ2n) is 4.06. The van der Waals surface area contributed by atoms with E-state index < -0.39 is 0 Å². The average molecular weight is 252 g/mol. The summed E-state index contributed by atoms with van der Waals surface area (Å²) in [6, 6.07) is 9.04. The van der Waals surface area contributed by atoms with Crippen LogP contribution in [-0.2, 0) is 13.6 Å². The van der Waals surface area contributed by atoms with E-state index in [2.05, 4.69) is 15.5 Å². The van der Waals surface area contributed by atoms with Crippen molar-refractivity contribution in [3.63, 3.8) is 0 Å². The van der Waals surface area contributed by atoms with Crippen molar-refractivity contribution in [2.75, 3.05) is 5.32 Å². The van der Waals surface area contributed by atoms with Crippen LogP contribution in [-0.4, -0.2) is 14.8 Å². The molecule has 0 aliphatic heterocycles. The highest BCUT2D eigenvalue weighted by Crippen LogP contribution is 2.15. The molecule has 0 aliphatic rings. The molecular formula is C13H12N6. The van der Waals surface area contributed by atoms with Gasteiger partial charge in [0.25, 0.3) is 0 Å². The second-order valence-corrected chi connectivity index (χ2v) is 4.06. The van der Waals surface area contributed by atoms with Gasteiger partial charge in [0.15, 0.2) is 5.82 Å². The summed E-state index contributed by atoms with van der Waals surface area (Å²) in [6.07, 6.45) is 0. The molecule has 1 N–H and O–H groups in total. The fourth-order valence-corrected chi connectivity index (χ4v) is 1.63. The SMILES string of the molecule is Cc1nnc(CNc2ccc(C#N)c(C#N)c2)n1C. The van der Waals surface area contributed by atoms with Crippen LogP contribution in [0.15, 0.2) is 18.2 Å². The average Bonchev–Trinajstić information content (AvgIpc) is 2.76. The zero-order valence-corrected chi connectivity index (χ0v) is 10.7. The van der Waals surface area contributed by atoms with Crippen LogP contribution >= 0.6 is 0 Å². The van der Waals surface area contributed by atoms with Crippen LogP contribution in [0.2, 0.25) is 0 Å². The molecule has 1 aromatic carbocycles. The summed E-state index contributed by atoms with van der Waals surface area (Å²) in [4.78, 5) is 0. The largest absolute Gasteiger partial charge is 0.378 e. The van der Waals surface area contributed by atoms with Gasteiger partial charge in [-0.3, -0.25) is 0 Å². The number of benzene rings is 1. The normalized spacial score (nSPS) is 9.68. The van der Waals surface area contributed by atoms with Gasteiger partial charge < -0.3 is 9.88 Å². The topological polar surface area (TPSA) is 90.3 Å². The number of hydrogen-bond acceptors (Lipinski definition) is 5. The number of anilines is 1. The maximum Gasteiger partial charge on any atom is 0.152 e. The Bertz CT molecular complexity index is 686. The van der Waals surface area contributed by atoms with Crippen molar-refractivity contribution in [2.24, 2.45) is 7.05 Å². The third-order valence-electron chi connectivity index (χ3n) is 2.89. The number of rotatable bonds is 3. The lowest BCUT2D eigenvalue weighted by molar-refractivity contribution is 0.789. The summed E-state index contributed by atoms with van der Waals surface area (Å²) in [5, 5.41) is 29.0. The first-order valence-corrected chi connectivity index (χ1v) is 5.68. The van der Waals surface area contributed by atoms with Crippen molar-refractivity contribution in [1.82, 2.24) is 14.8 Å². The summed E-state index contributed by atoms with van der Waals surface area (Å²) in [6.45, 7) is 2.39. The number of hydrogen-bond donors (Lipinski definition) is 1. The van der Waals surface area contributed by atoms with Crippen molar-refractivity contribution in [2.45, 2.75) is 13.5 Å². The molecule has 1 aromatic heterocycles. The van der Waals surface area contributed by atoms with E-state index >= 15 is 0 Å². The fraction of sp³-hybridized carbons (Fsp3) is 0.231. The highest BCUT2D eigenvalue weighted by atomic mass is 15.3. The highest BCUT2D eigenvalue weighted by molar-refractivity contribution is 5.56. The van der Waals surface area contributed by atoms with Crippen molar-refractivity contribution in [3.8, 4) is 12.1 Å². The second kappa shape index (κ2) is 5.19. The summed E-state index contributed by atoms with van der Waals surface area (Å²) < 4.78 is 1.89. The molecule has 1 heterocycles. The van der Waals surface area contributed by atoms with Gasteiger partial charge in [0.2, 0.25) is 0 Å². The zero-order valence-electron chi connectivity index (χ0n) is 10.7. The van der Waals surface area contributed by atoms with E-state index in [0.717, 1.165) is 17.3 Å². The fourth-order valence-electron chi connectivity index (χ4n) is 1.63. The van der Waals surface area contributed by atoms with Gasteiger partial charge in [-0.25, -0.2) is 0 Å². The Balaban J connectivity index is 2.15. The van der Waals surface area contributed by atoms with E-state index in [0.29, 0.717) is 17.7 Å². The number of aromatic nitrogens is 3. The van der Waals surface area contributed by atoms with Gasteiger partial charge in [-0.1, -0.05) is 0 Å². The molecule has 0 saturated heterocycles. The van der Waals surface area contributed by atoms with Gasteiger partial charge in [-0.15, -0.1) is 10.2 Å².